The first-order valence-electron chi connectivity index (χ1n) is 6.96. The molecule has 19 heavy (non-hydrogen) atoms. The number of likely N-dealkylation sites (N-methyl/N-ethyl adjacent to an activating group) is 2. The molecule has 0 saturated carbocycles. The van der Waals surface area contributed by atoms with Crippen molar-refractivity contribution in [1.82, 2.24) is 19.9 Å². The Kier molecular flexibility index (Phi) is 4.90. The maximum absolute atomic E-state index is 9.58. The van der Waals surface area contributed by atoms with Gasteiger partial charge in [-0.2, -0.15) is 4.98 Å². The smallest absolute Gasteiger partial charge is 0.229 e. The van der Waals surface area contributed by atoms with Crippen LogP contribution in [0.5, 0.6) is 0 Å². The van der Waals surface area contributed by atoms with Crippen molar-refractivity contribution < 1.29 is 9.63 Å². The lowest BCUT2D eigenvalue weighted by Gasteiger charge is -2.37. The molecule has 0 aliphatic carbocycles. The Morgan fingerprint density at radius 2 is 2.21 bits per heavy atom. The van der Waals surface area contributed by atoms with Gasteiger partial charge in [0.1, 0.15) is 0 Å². The lowest BCUT2D eigenvalue weighted by atomic mass is 10.1. The Bertz CT molecular complexity index is 396. The average Bonchev–Trinajstić information content (AvgIpc) is 2.81. The van der Waals surface area contributed by atoms with Gasteiger partial charge in [-0.3, -0.25) is 0 Å². The number of nitrogens with zero attached hydrogens (tertiary/aromatic N) is 4. The first-order chi connectivity index (χ1) is 9.08. The molecule has 1 aliphatic heterocycles. The van der Waals surface area contributed by atoms with Crippen molar-refractivity contribution in [2.75, 3.05) is 33.7 Å². The van der Waals surface area contributed by atoms with Crippen LogP contribution in [0.1, 0.15) is 25.1 Å². The van der Waals surface area contributed by atoms with E-state index >= 15 is 0 Å². The molecule has 1 aromatic rings. The summed E-state index contributed by atoms with van der Waals surface area (Å²) >= 11 is 0. The molecule has 2 unspecified atom stereocenters. The van der Waals surface area contributed by atoms with E-state index in [1.54, 1.807) is 0 Å². The van der Waals surface area contributed by atoms with Gasteiger partial charge in [-0.15, -0.1) is 0 Å². The topological polar surface area (TPSA) is 65.6 Å². The number of piperazine rings is 1. The third-order valence-corrected chi connectivity index (χ3v) is 3.79. The molecule has 1 fully saturated rings. The van der Waals surface area contributed by atoms with Crippen LogP contribution in [0.2, 0.25) is 0 Å². The number of aliphatic hydroxyl groups is 1. The summed E-state index contributed by atoms with van der Waals surface area (Å²) in [6.07, 6.45) is 1.56. The van der Waals surface area contributed by atoms with E-state index in [4.69, 9.17) is 4.52 Å². The number of hydrogen-bond donors (Lipinski definition) is 1. The zero-order valence-electron chi connectivity index (χ0n) is 12.0. The third kappa shape index (κ3) is 3.99. The van der Waals surface area contributed by atoms with Gasteiger partial charge in [0.05, 0.1) is 12.5 Å². The minimum absolute atomic E-state index is 0.392. The highest BCUT2D eigenvalue weighted by molar-refractivity contribution is 4.93. The second kappa shape index (κ2) is 6.45. The molecule has 0 amide bonds. The number of hydrogen-bond acceptors (Lipinski definition) is 6. The molecule has 1 aliphatic rings. The number of aliphatic hydroxyl groups excluding tert-OH is 1. The molecule has 108 valence electrons. The van der Waals surface area contributed by atoms with Crippen LogP contribution < -0.4 is 0 Å². The van der Waals surface area contributed by atoms with Crippen LogP contribution in [0.15, 0.2) is 4.52 Å². The second-order valence-electron chi connectivity index (χ2n) is 5.47. The van der Waals surface area contributed by atoms with Crippen LogP contribution >= 0.6 is 0 Å². The Balaban J connectivity index is 1.91. The fourth-order valence-electron chi connectivity index (χ4n) is 2.33. The summed E-state index contributed by atoms with van der Waals surface area (Å²) < 4.78 is 5.19. The van der Waals surface area contributed by atoms with Crippen LogP contribution in [0.4, 0.5) is 0 Å². The van der Waals surface area contributed by atoms with Crippen molar-refractivity contribution in [3.63, 3.8) is 0 Å². The molecular weight excluding hydrogens is 244 g/mol. The zero-order valence-corrected chi connectivity index (χ0v) is 12.0. The summed E-state index contributed by atoms with van der Waals surface area (Å²) in [6.45, 7) is 5.14. The van der Waals surface area contributed by atoms with E-state index in [0.29, 0.717) is 24.8 Å². The van der Waals surface area contributed by atoms with Crippen LogP contribution in [0, 0.1) is 0 Å². The van der Waals surface area contributed by atoms with E-state index in [1.807, 2.05) is 6.92 Å². The van der Waals surface area contributed by atoms with E-state index in [0.717, 1.165) is 31.9 Å². The van der Waals surface area contributed by atoms with Gasteiger partial charge in [-0.1, -0.05) is 12.1 Å². The molecule has 0 radical (unpaired) electrons. The molecule has 0 aromatic carbocycles. The Hall–Kier alpha value is -0.980. The van der Waals surface area contributed by atoms with Crippen LogP contribution in [0.25, 0.3) is 0 Å². The van der Waals surface area contributed by atoms with E-state index in [1.165, 1.54) is 0 Å². The maximum Gasteiger partial charge on any atom is 0.229 e. The Labute approximate surface area is 114 Å². The average molecular weight is 268 g/mol. The first kappa shape index (κ1) is 14.4. The molecule has 2 rings (SSSR count). The predicted octanol–water partition coefficient (Wildman–Crippen LogP) is 0.171. The first-order valence-corrected chi connectivity index (χ1v) is 6.96. The molecule has 1 N–H and O–H groups in total. The monoisotopic (exact) mass is 268 g/mol. The number of aromatic nitrogens is 2. The van der Waals surface area contributed by atoms with Gasteiger partial charge in [0.15, 0.2) is 5.82 Å². The summed E-state index contributed by atoms with van der Waals surface area (Å²) in [5.74, 6) is 1.28. The van der Waals surface area contributed by atoms with Gasteiger partial charge >= 0.3 is 0 Å². The summed E-state index contributed by atoms with van der Waals surface area (Å²) in [4.78, 5) is 9.04. The maximum atomic E-state index is 9.58. The largest absolute Gasteiger partial charge is 0.393 e. The van der Waals surface area contributed by atoms with Crippen molar-refractivity contribution in [2.45, 2.75) is 38.3 Å². The highest BCUT2D eigenvalue weighted by atomic mass is 16.5. The molecular formula is C13H24N4O2. The van der Waals surface area contributed by atoms with Crippen LogP contribution in [-0.4, -0.2) is 70.9 Å². The van der Waals surface area contributed by atoms with Gasteiger partial charge in [0.25, 0.3) is 0 Å². The van der Waals surface area contributed by atoms with Crippen molar-refractivity contribution in [3.05, 3.63) is 11.7 Å². The van der Waals surface area contributed by atoms with Crippen molar-refractivity contribution >= 4 is 0 Å². The SMILES string of the molecule is CCC(O)Cc1nc(CC2CN(C)CCN2C)no1. The zero-order chi connectivity index (χ0) is 13.8. The molecule has 1 aromatic heterocycles. The summed E-state index contributed by atoms with van der Waals surface area (Å²) in [7, 11) is 4.28. The molecule has 6 heteroatoms. The predicted molar refractivity (Wildman–Crippen MR) is 71.9 cm³/mol. The normalized spacial score (nSPS) is 23.7. The lowest BCUT2D eigenvalue weighted by Crippen LogP contribution is -2.50. The number of rotatable bonds is 5. The second-order valence-corrected chi connectivity index (χ2v) is 5.47. The molecule has 2 heterocycles. The van der Waals surface area contributed by atoms with Gasteiger partial charge in [-0.05, 0) is 20.5 Å². The van der Waals surface area contributed by atoms with E-state index in [-0.39, 0.29) is 0 Å². The standard InChI is InChI=1S/C13H24N4O2/c1-4-11(18)8-13-14-12(15-19-13)7-10-9-16(2)5-6-17(10)3/h10-11,18H,4-9H2,1-3H3. The van der Waals surface area contributed by atoms with Crippen molar-refractivity contribution in [2.24, 2.45) is 0 Å². The quantitative estimate of drug-likeness (QED) is 0.821. The fourth-order valence-corrected chi connectivity index (χ4v) is 2.33. The third-order valence-electron chi connectivity index (χ3n) is 3.79. The van der Waals surface area contributed by atoms with Gasteiger partial charge in [0, 0.05) is 32.1 Å². The Morgan fingerprint density at radius 3 is 2.95 bits per heavy atom. The van der Waals surface area contributed by atoms with Gasteiger partial charge < -0.3 is 19.4 Å². The summed E-state index contributed by atoms with van der Waals surface area (Å²) in [5, 5.41) is 13.6. The van der Waals surface area contributed by atoms with E-state index < -0.39 is 6.10 Å². The van der Waals surface area contributed by atoms with Gasteiger partial charge in [0.2, 0.25) is 5.89 Å². The lowest BCUT2D eigenvalue weighted by molar-refractivity contribution is 0.113. The summed E-state index contributed by atoms with van der Waals surface area (Å²) in [6, 6.07) is 0.431. The molecule has 1 saturated heterocycles. The molecule has 6 nitrogen and oxygen atoms in total. The fraction of sp³-hybridized carbons (Fsp3) is 0.846. The minimum atomic E-state index is -0.392. The molecule has 0 spiro atoms. The van der Waals surface area contributed by atoms with Gasteiger partial charge in [-0.25, -0.2) is 0 Å². The van der Waals surface area contributed by atoms with Crippen LogP contribution in [-0.2, 0) is 12.8 Å². The highest BCUT2D eigenvalue weighted by Gasteiger charge is 2.24. The summed E-state index contributed by atoms with van der Waals surface area (Å²) in [5.41, 5.74) is 0. The van der Waals surface area contributed by atoms with E-state index in [9.17, 15) is 5.11 Å². The van der Waals surface area contributed by atoms with Crippen molar-refractivity contribution in [3.8, 4) is 0 Å². The highest BCUT2D eigenvalue weighted by Crippen LogP contribution is 2.11. The molecule has 0 bridgehead atoms. The molecule has 2 atom stereocenters. The van der Waals surface area contributed by atoms with Crippen LogP contribution in [0.3, 0.4) is 0 Å². The Morgan fingerprint density at radius 1 is 1.42 bits per heavy atom. The van der Waals surface area contributed by atoms with Crippen molar-refractivity contribution in [1.29, 1.82) is 0 Å². The van der Waals surface area contributed by atoms with E-state index in [2.05, 4.69) is 34.0 Å². The minimum Gasteiger partial charge on any atom is -0.393 e.